The zero-order chi connectivity index (χ0) is 30.2. The normalized spacial score (nSPS) is 40.7. The van der Waals surface area contributed by atoms with Crippen molar-refractivity contribution in [3.8, 4) is 5.75 Å². The molecule has 4 nitrogen and oxygen atoms in total. The zero-order valence-corrected chi connectivity index (χ0v) is 27.8. The fourth-order valence-corrected chi connectivity index (χ4v) is 13.2. The number of ether oxygens (including phenoxy) is 1. The molecule has 3 N–H and O–H groups in total. The maximum Gasteiger partial charge on any atom is 0.128 e. The van der Waals surface area contributed by atoms with Gasteiger partial charge in [-0.05, 0) is 109 Å². The van der Waals surface area contributed by atoms with Crippen LogP contribution < -0.4 is 20.7 Å². The minimum absolute atomic E-state index is 0.126. The smallest absolute Gasteiger partial charge is 0.128 e. The molecular weight excluding hydrogens is 583 g/mol. The largest absolute Gasteiger partial charge is 0.485 e. The molecule has 0 amide bonds. The molecule has 11 unspecified atom stereocenters. The molecule has 0 bridgehead atoms. The van der Waals surface area contributed by atoms with E-state index in [1.807, 2.05) is 0 Å². The number of hydrogen-bond donors (Lipinski definition) is 3. The fourth-order valence-electron chi connectivity index (χ4n) is 11.1. The molecule has 3 heterocycles. The number of rotatable bonds is 3. The van der Waals surface area contributed by atoms with Crippen molar-refractivity contribution in [2.75, 3.05) is 0 Å². The summed E-state index contributed by atoms with van der Waals surface area (Å²) in [6, 6.07) is 13.6. The second-order valence-electron chi connectivity index (χ2n) is 15.7. The van der Waals surface area contributed by atoms with Crippen molar-refractivity contribution in [2.45, 2.75) is 112 Å². The lowest BCUT2D eigenvalue weighted by Gasteiger charge is -2.50. The molecule has 2 aromatic rings. The van der Waals surface area contributed by atoms with E-state index in [2.05, 4.69) is 101 Å². The SMILES string of the molecule is C1=CC2SC3C(C4NC(C5CCCCC5)NC(C5CCc6c(ccc7c6C6c8ccccc8OC6C=C7)C5)N4)CCCC3C2C=C1. The molecular formula is C41H49N3OS. The van der Waals surface area contributed by atoms with Crippen LogP contribution in [0.15, 0.2) is 66.8 Å². The van der Waals surface area contributed by atoms with E-state index in [1.54, 1.807) is 16.7 Å². The van der Waals surface area contributed by atoms with E-state index >= 15 is 0 Å². The standard InChI is InChI=1S/C41H49N3OS/c1-2-9-25(10-3-1)39-42-40(44-41(43-39)32-14-8-13-30-29-11-5-7-16-35(29)46-38(30)32)27-19-21-28-26(23-27)18-17-24-20-22-34-37(36(24)28)31-12-4-6-15-33(31)45-34/h4-7,11-12,15-18,20,22,25,27,29-30,32,34-35,37-44H,1-3,8-10,13-14,19,21,23H2. The van der Waals surface area contributed by atoms with Gasteiger partial charge in [-0.3, -0.25) is 16.0 Å². The summed E-state index contributed by atoms with van der Waals surface area (Å²) in [5.74, 6) is 5.01. The first-order valence-electron chi connectivity index (χ1n) is 18.7. The van der Waals surface area contributed by atoms with E-state index < -0.39 is 0 Å². The van der Waals surface area contributed by atoms with Gasteiger partial charge in [0.15, 0.2) is 0 Å². The van der Waals surface area contributed by atoms with Crippen molar-refractivity contribution >= 4 is 17.8 Å². The highest BCUT2D eigenvalue weighted by Crippen LogP contribution is 2.55. The summed E-state index contributed by atoms with van der Waals surface area (Å²) >= 11 is 2.31. The van der Waals surface area contributed by atoms with Crippen molar-refractivity contribution < 1.29 is 4.74 Å². The third kappa shape index (κ3) is 4.74. The Morgan fingerprint density at radius 2 is 1.54 bits per heavy atom. The summed E-state index contributed by atoms with van der Waals surface area (Å²) in [6.45, 7) is 0. The van der Waals surface area contributed by atoms with Gasteiger partial charge in [0, 0.05) is 16.1 Å². The van der Waals surface area contributed by atoms with Gasteiger partial charge < -0.3 is 4.74 Å². The minimum atomic E-state index is 0.126. The third-order valence-electron chi connectivity index (χ3n) is 13.3. The number of allylic oxidation sites excluding steroid dienone is 3. The predicted molar refractivity (Wildman–Crippen MR) is 189 cm³/mol. The molecule has 2 saturated heterocycles. The van der Waals surface area contributed by atoms with Crippen molar-refractivity contribution in [3.63, 3.8) is 0 Å². The van der Waals surface area contributed by atoms with Gasteiger partial charge in [0.1, 0.15) is 11.9 Å². The Kier molecular flexibility index (Phi) is 7.28. The van der Waals surface area contributed by atoms with Gasteiger partial charge in [0.25, 0.3) is 0 Å². The van der Waals surface area contributed by atoms with Crippen LogP contribution in [0.4, 0.5) is 0 Å². The van der Waals surface area contributed by atoms with Crippen LogP contribution in [-0.4, -0.2) is 35.1 Å². The Bertz CT molecular complexity index is 1580. The van der Waals surface area contributed by atoms with Crippen LogP contribution in [0.5, 0.6) is 5.75 Å². The molecule has 11 atom stereocenters. The van der Waals surface area contributed by atoms with Gasteiger partial charge in [0.05, 0.1) is 24.4 Å². The van der Waals surface area contributed by atoms with Crippen molar-refractivity contribution in [1.82, 2.24) is 16.0 Å². The van der Waals surface area contributed by atoms with Gasteiger partial charge in [-0.15, -0.1) is 11.8 Å². The van der Waals surface area contributed by atoms with Crippen LogP contribution in [0.25, 0.3) is 6.08 Å². The number of hydrogen-bond acceptors (Lipinski definition) is 5. The molecule has 46 heavy (non-hydrogen) atoms. The van der Waals surface area contributed by atoms with E-state index in [0.717, 1.165) is 35.2 Å². The van der Waals surface area contributed by atoms with Gasteiger partial charge in [0.2, 0.25) is 0 Å². The first-order chi connectivity index (χ1) is 22.8. The number of benzene rings is 2. The summed E-state index contributed by atoms with van der Waals surface area (Å²) < 4.78 is 6.45. The van der Waals surface area contributed by atoms with Crippen LogP contribution in [-0.2, 0) is 12.8 Å². The lowest BCUT2D eigenvalue weighted by molar-refractivity contribution is 0.0594. The monoisotopic (exact) mass is 631 g/mol. The summed E-state index contributed by atoms with van der Waals surface area (Å²) in [4.78, 5) is 0. The summed E-state index contributed by atoms with van der Waals surface area (Å²) in [5, 5.41) is 14.2. The Labute approximate surface area is 279 Å². The third-order valence-corrected chi connectivity index (χ3v) is 15.1. The molecule has 3 aliphatic heterocycles. The van der Waals surface area contributed by atoms with E-state index in [0.29, 0.717) is 41.5 Å². The highest BCUT2D eigenvalue weighted by atomic mass is 32.2. The minimum Gasteiger partial charge on any atom is -0.485 e. The molecule has 0 spiro atoms. The first kappa shape index (κ1) is 28.7. The highest BCUT2D eigenvalue weighted by molar-refractivity contribution is 8.01. The second kappa shape index (κ2) is 11.7. The van der Waals surface area contributed by atoms with Crippen LogP contribution in [0.3, 0.4) is 0 Å². The maximum atomic E-state index is 6.45. The van der Waals surface area contributed by atoms with Gasteiger partial charge >= 0.3 is 0 Å². The van der Waals surface area contributed by atoms with E-state index in [-0.39, 0.29) is 6.10 Å². The van der Waals surface area contributed by atoms with Crippen molar-refractivity contribution in [3.05, 3.63) is 94.6 Å². The Morgan fingerprint density at radius 3 is 2.48 bits per heavy atom. The van der Waals surface area contributed by atoms with Gasteiger partial charge in [-0.25, -0.2) is 0 Å². The molecule has 8 aliphatic rings. The zero-order valence-electron chi connectivity index (χ0n) is 27.0. The fraction of sp³-hybridized carbons (Fsp3) is 0.561. The molecule has 4 fully saturated rings. The lowest BCUT2D eigenvalue weighted by atomic mass is 9.71. The van der Waals surface area contributed by atoms with Crippen molar-refractivity contribution in [2.24, 2.45) is 29.6 Å². The molecule has 240 valence electrons. The van der Waals surface area contributed by atoms with E-state index in [4.69, 9.17) is 4.74 Å². The molecule has 10 rings (SSSR count). The van der Waals surface area contributed by atoms with E-state index in [1.165, 1.54) is 75.3 Å². The van der Waals surface area contributed by atoms with Crippen molar-refractivity contribution in [1.29, 1.82) is 0 Å². The summed E-state index contributed by atoms with van der Waals surface area (Å²) in [7, 11) is 0. The number of thioether (sulfide) groups is 1. The summed E-state index contributed by atoms with van der Waals surface area (Å²) in [5.41, 5.74) is 7.51. The van der Waals surface area contributed by atoms with Crippen LogP contribution >= 0.6 is 11.8 Å². The average molecular weight is 632 g/mol. The topological polar surface area (TPSA) is 45.3 Å². The van der Waals surface area contributed by atoms with Crippen LogP contribution in [0.2, 0.25) is 0 Å². The number of fused-ring (bicyclic) bond motifs is 10. The van der Waals surface area contributed by atoms with Gasteiger partial charge in [-0.2, -0.15) is 0 Å². The van der Waals surface area contributed by atoms with Crippen LogP contribution in [0, 0.1) is 29.6 Å². The maximum absolute atomic E-state index is 6.45. The highest BCUT2D eigenvalue weighted by Gasteiger charge is 2.51. The van der Waals surface area contributed by atoms with E-state index in [9.17, 15) is 0 Å². The quantitative estimate of drug-likeness (QED) is 0.324. The number of nitrogens with one attached hydrogen (secondary N) is 3. The predicted octanol–water partition coefficient (Wildman–Crippen LogP) is 7.69. The molecule has 5 heteroatoms. The molecule has 2 aromatic carbocycles. The molecule has 0 aromatic heterocycles. The first-order valence-corrected chi connectivity index (χ1v) is 19.6. The van der Waals surface area contributed by atoms with Crippen LogP contribution in [0.1, 0.15) is 91.5 Å². The second-order valence-corrected chi connectivity index (χ2v) is 17.0. The molecule has 5 aliphatic carbocycles. The van der Waals surface area contributed by atoms with Gasteiger partial charge in [-0.1, -0.05) is 86.4 Å². The number of para-hydroxylation sites is 1. The molecule has 2 saturated carbocycles. The Balaban J connectivity index is 0.938. The lowest BCUT2D eigenvalue weighted by Crippen LogP contribution is -2.73. The average Bonchev–Trinajstić information content (AvgIpc) is 3.70. The molecule has 0 radical (unpaired) electrons. The Morgan fingerprint density at radius 1 is 0.717 bits per heavy atom. The summed E-state index contributed by atoms with van der Waals surface area (Å²) in [6.07, 6.45) is 30.2. The Hall–Kier alpha value is -2.31.